The highest BCUT2D eigenvalue weighted by Gasteiger charge is 2.22. The van der Waals surface area contributed by atoms with Crippen LogP contribution in [0, 0.1) is 5.92 Å². The number of imidazole rings is 1. The summed E-state index contributed by atoms with van der Waals surface area (Å²) in [6.07, 6.45) is 4.48. The van der Waals surface area contributed by atoms with Gasteiger partial charge in [0.15, 0.2) is 5.65 Å². The summed E-state index contributed by atoms with van der Waals surface area (Å²) in [4.78, 5) is 14.6. The maximum Gasteiger partial charge on any atom is 0.205 e. The van der Waals surface area contributed by atoms with Crippen molar-refractivity contribution in [3.8, 4) is 0 Å². The van der Waals surface area contributed by atoms with Gasteiger partial charge < -0.3 is 9.88 Å². The van der Waals surface area contributed by atoms with Crippen LogP contribution < -0.4 is 4.90 Å². The summed E-state index contributed by atoms with van der Waals surface area (Å²) in [7, 11) is 0. The van der Waals surface area contributed by atoms with Gasteiger partial charge in [-0.2, -0.15) is 4.98 Å². The van der Waals surface area contributed by atoms with Crippen LogP contribution in [0.15, 0.2) is 30.3 Å². The van der Waals surface area contributed by atoms with E-state index in [1.54, 1.807) is 12.1 Å². The van der Waals surface area contributed by atoms with Gasteiger partial charge in [-0.25, -0.2) is 4.98 Å². The van der Waals surface area contributed by atoms with Crippen LogP contribution >= 0.6 is 34.8 Å². The zero-order valence-electron chi connectivity index (χ0n) is 14.2. The molecule has 7 heteroatoms. The molecule has 0 amide bonds. The average molecular weight is 410 g/mol. The molecule has 1 aromatic carbocycles. The Hall–Kier alpha value is -1.49. The number of fused-ring (bicyclic) bond motifs is 1. The molecule has 0 radical (unpaired) electrons. The molecular weight excluding hydrogens is 391 g/mol. The largest absolute Gasteiger partial charge is 0.342 e. The van der Waals surface area contributed by atoms with Crippen LogP contribution in [0.5, 0.6) is 0 Å². The van der Waals surface area contributed by atoms with Crippen LogP contribution in [0.4, 0.5) is 5.95 Å². The summed E-state index contributed by atoms with van der Waals surface area (Å²) in [5.41, 5.74) is 2.78. The van der Waals surface area contributed by atoms with Crippen LogP contribution in [0.2, 0.25) is 15.2 Å². The Balaban J connectivity index is 1.43. The zero-order chi connectivity index (χ0) is 18.1. The summed E-state index contributed by atoms with van der Waals surface area (Å²) < 4.78 is 0. The molecule has 4 rings (SSSR count). The Morgan fingerprint density at radius 3 is 2.69 bits per heavy atom. The molecule has 1 atom stereocenters. The third-order valence-corrected chi connectivity index (χ3v) is 5.53. The number of benzene rings is 1. The zero-order valence-corrected chi connectivity index (χ0v) is 16.5. The standard InChI is InChI=1S/C19H19Cl3N4/c20-14-8-13(9-15(21)10-14)4-3-12-2-1-7-26(11-12)19-23-16-5-6-17(22)24-18(16)25-19/h5-6,8-10,12H,1-4,7,11H2,(H,23,24,25)/t12-/m0/s1. The predicted octanol–water partition coefficient (Wildman–Crippen LogP) is 5.77. The highest BCUT2D eigenvalue weighted by Crippen LogP contribution is 2.27. The summed E-state index contributed by atoms with van der Waals surface area (Å²) in [6, 6.07) is 9.48. The lowest BCUT2D eigenvalue weighted by Gasteiger charge is -2.32. The van der Waals surface area contributed by atoms with Crippen molar-refractivity contribution in [2.75, 3.05) is 18.0 Å². The van der Waals surface area contributed by atoms with Gasteiger partial charge in [0.1, 0.15) is 5.15 Å². The van der Waals surface area contributed by atoms with E-state index in [0.29, 0.717) is 26.8 Å². The van der Waals surface area contributed by atoms with E-state index in [2.05, 4.69) is 19.9 Å². The topological polar surface area (TPSA) is 44.8 Å². The fourth-order valence-corrected chi connectivity index (χ4v) is 4.34. The van der Waals surface area contributed by atoms with Crippen molar-refractivity contribution in [2.24, 2.45) is 5.92 Å². The van der Waals surface area contributed by atoms with Crippen LogP contribution in [0.1, 0.15) is 24.8 Å². The predicted molar refractivity (Wildman–Crippen MR) is 109 cm³/mol. The number of H-pyrrole nitrogens is 1. The van der Waals surface area contributed by atoms with Crippen molar-refractivity contribution < 1.29 is 0 Å². The number of rotatable bonds is 4. The lowest BCUT2D eigenvalue weighted by atomic mass is 9.92. The minimum atomic E-state index is 0.465. The van der Waals surface area contributed by atoms with E-state index in [9.17, 15) is 0 Å². The van der Waals surface area contributed by atoms with Gasteiger partial charge in [-0.05, 0) is 67.5 Å². The summed E-state index contributed by atoms with van der Waals surface area (Å²) in [5, 5.41) is 1.87. The van der Waals surface area contributed by atoms with E-state index in [1.807, 2.05) is 18.2 Å². The molecule has 1 aliphatic rings. The second-order valence-corrected chi connectivity index (χ2v) is 8.10. The monoisotopic (exact) mass is 408 g/mol. The van der Waals surface area contributed by atoms with Crippen molar-refractivity contribution in [1.82, 2.24) is 15.0 Å². The first-order valence-corrected chi connectivity index (χ1v) is 9.92. The molecule has 4 nitrogen and oxygen atoms in total. The van der Waals surface area contributed by atoms with Gasteiger partial charge in [0, 0.05) is 23.1 Å². The molecule has 0 saturated carbocycles. The van der Waals surface area contributed by atoms with Gasteiger partial charge in [0.05, 0.1) is 5.52 Å². The second kappa shape index (κ2) is 7.63. The quantitative estimate of drug-likeness (QED) is 0.556. The molecule has 3 heterocycles. The number of pyridine rings is 1. The van der Waals surface area contributed by atoms with Crippen molar-refractivity contribution in [2.45, 2.75) is 25.7 Å². The molecule has 3 aromatic rings. The maximum atomic E-state index is 6.10. The summed E-state index contributed by atoms with van der Waals surface area (Å²) >= 11 is 18.2. The SMILES string of the molecule is Clc1cc(Cl)cc(CC[C@@H]2CCCN(c3nc4nc(Cl)ccc4[nH]3)C2)c1. The van der Waals surface area contributed by atoms with Crippen molar-refractivity contribution in [3.63, 3.8) is 0 Å². The summed E-state index contributed by atoms with van der Waals surface area (Å²) in [5.74, 6) is 1.50. The highest BCUT2D eigenvalue weighted by atomic mass is 35.5. The van der Waals surface area contributed by atoms with Crippen molar-refractivity contribution in [3.05, 3.63) is 51.1 Å². The molecule has 0 spiro atoms. The Bertz CT molecular complexity index is 904. The van der Waals surface area contributed by atoms with Gasteiger partial charge in [-0.3, -0.25) is 0 Å². The Morgan fingerprint density at radius 1 is 1.08 bits per heavy atom. The molecule has 1 aliphatic heterocycles. The van der Waals surface area contributed by atoms with Gasteiger partial charge in [0.2, 0.25) is 5.95 Å². The molecule has 1 fully saturated rings. The van der Waals surface area contributed by atoms with Crippen LogP contribution in [-0.4, -0.2) is 28.0 Å². The van der Waals surface area contributed by atoms with E-state index in [1.165, 1.54) is 12.0 Å². The number of aromatic nitrogens is 3. The van der Waals surface area contributed by atoms with Crippen LogP contribution in [0.3, 0.4) is 0 Å². The number of aryl methyl sites for hydroxylation is 1. The third-order valence-electron chi connectivity index (χ3n) is 4.88. The molecular formula is C19H19Cl3N4. The number of nitrogens with one attached hydrogen (secondary N) is 1. The fourth-order valence-electron chi connectivity index (χ4n) is 3.63. The van der Waals surface area contributed by atoms with Crippen LogP contribution in [0.25, 0.3) is 11.2 Å². The van der Waals surface area contributed by atoms with Gasteiger partial charge >= 0.3 is 0 Å². The van der Waals surface area contributed by atoms with E-state index in [0.717, 1.165) is 43.8 Å². The van der Waals surface area contributed by atoms with Gasteiger partial charge in [0.25, 0.3) is 0 Å². The molecule has 26 heavy (non-hydrogen) atoms. The number of hydrogen-bond donors (Lipinski definition) is 1. The first-order chi connectivity index (χ1) is 12.6. The van der Waals surface area contributed by atoms with E-state index in [-0.39, 0.29) is 0 Å². The number of nitrogens with zero attached hydrogens (tertiary/aromatic N) is 3. The van der Waals surface area contributed by atoms with Gasteiger partial charge in [-0.1, -0.05) is 34.8 Å². The average Bonchev–Trinajstić information content (AvgIpc) is 3.03. The highest BCUT2D eigenvalue weighted by molar-refractivity contribution is 6.34. The normalized spacial score (nSPS) is 17.8. The number of halogens is 3. The Kier molecular flexibility index (Phi) is 5.25. The maximum absolute atomic E-state index is 6.10. The first kappa shape index (κ1) is 17.9. The Labute approximate surface area is 167 Å². The number of aromatic amines is 1. The van der Waals surface area contributed by atoms with Crippen molar-refractivity contribution in [1.29, 1.82) is 0 Å². The smallest absolute Gasteiger partial charge is 0.205 e. The van der Waals surface area contributed by atoms with E-state index >= 15 is 0 Å². The molecule has 136 valence electrons. The number of piperidine rings is 1. The first-order valence-electron chi connectivity index (χ1n) is 8.79. The molecule has 2 aromatic heterocycles. The fraction of sp³-hybridized carbons (Fsp3) is 0.368. The van der Waals surface area contributed by atoms with Crippen LogP contribution in [-0.2, 0) is 6.42 Å². The lowest BCUT2D eigenvalue weighted by Crippen LogP contribution is -2.36. The van der Waals surface area contributed by atoms with E-state index in [4.69, 9.17) is 34.8 Å². The van der Waals surface area contributed by atoms with Gasteiger partial charge in [-0.15, -0.1) is 0 Å². The molecule has 0 unspecified atom stereocenters. The third kappa shape index (κ3) is 4.08. The Morgan fingerprint density at radius 2 is 1.88 bits per heavy atom. The number of hydrogen-bond acceptors (Lipinski definition) is 3. The molecule has 0 bridgehead atoms. The molecule has 1 N–H and O–H groups in total. The number of anilines is 1. The second-order valence-electron chi connectivity index (χ2n) is 6.84. The molecule has 0 aliphatic carbocycles. The van der Waals surface area contributed by atoms with Crippen molar-refractivity contribution >= 4 is 51.9 Å². The lowest BCUT2D eigenvalue weighted by molar-refractivity contribution is 0.389. The minimum absolute atomic E-state index is 0.465. The molecule has 1 saturated heterocycles. The minimum Gasteiger partial charge on any atom is -0.342 e. The van der Waals surface area contributed by atoms with E-state index < -0.39 is 0 Å². The summed E-state index contributed by atoms with van der Waals surface area (Å²) in [6.45, 7) is 1.99.